The number of aromatic amines is 1. The van der Waals surface area contributed by atoms with Crippen LogP contribution < -0.4 is 5.69 Å². The highest BCUT2D eigenvalue weighted by molar-refractivity contribution is 5.80. The summed E-state index contributed by atoms with van der Waals surface area (Å²) >= 11 is 0. The minimum atomic E-state index is -0.114. The van der Waals surface area contributed by atoms with Crippen LogP contribution in [0, 0.1) is 0 Å². The zero-order chi connectivity index (χ0) is 19.2. The van der Waals surface area contributed by atoms with Gasteiger partial charge < -0.3 is 9.51 Å². The Bertz CT molecular complexity index is 1160. The molecule has 0 fully saturated rings. The van der Waals surface area contributed by atoms with Crippen molar-refractivity contribution in [3.8, 4) is 22.8 Å². The van der Waals surface area contributed by atoms with Gasteiger partial charge in [0, 0.05) is 17.7 Å². The van der Waals surface area contributed by atoms with Gasteiger partial charge in [-0.1, -0.05) is 38.1 Å². The number of aromatic nitrogens is 4. The minimum absolute atomic E-state index is 0.0970. The quantitative estimate of drug-likeness (QED) is 0.587. The smallest absolute Gasteiger partial charge is 0.326 e. The first-order valence-electron chi connectivity index (χ1n) is 9.04. The van der Waals surface area contributed by atoms with Gasteiger partial charge in [0.15, 0.2) is 0 Å². The number of rotatable bonds is 3. The van der Waals surface area contributed by atoms with Crippen LogP contribution in [0.2, 0.25) is 0 Å². The van der Waals surface area contributed by atoms with Crippen molar-refractivity contribution in [3.63, 3.8) is 0 Å². The number of hydrogen-bond donors (Lipinski definition) is 1. The topological polar surface area (TPSA) is 76.7 Å². The van der Waals surface area contributed by atoms with Crippen LogP contribution >= 0.6 is 0 Å². The zero-order valence-electron chi connectivity index (χ0n) is 15.9. The summed E-state index contributed by atoms with van der Waals surface area (Å²) in [6.45, 7) is 9.10. The third-order valence-electron chi connectivity index (χ3n) is 4.77. The lowest BCUT2D eigenvalue weighted by Gasteiger charge is -2.18. The summed E-state index contributed by atoms with van der Waals surface area (Å²) in [5.74, 6) is 0.974. The van der Waals surface area contributed by atoms with E-state index < -0.39 is 0 Å². The van der Waals surface area contributed by atoms with Crippen molar-refractivity contribution in [3.05, 3.63) is 58.5 Å². The van der Waals surface area contributed by atoms with Crippen molar-refractivity contribution in [2.24, 2.45) is 0 Å². The van der Waals surface area contributed by atoms with Crippen LogP contribution in [0.1, 0.15) is 33.3 Å². The van der Waals surface area contributed by atoms with Crippen LogP contribution in [0.25, 0.3) is 33.9 Å². The largest absolute Gasteiger partial charge is 0.334 e. The van der Waals surface area contributed by atoms with Crippen molar-refractivity contribution >= 4 is 11.0 Å². The van der Waals surface area contributed by atoms with E-state index in [4.69, 9.17) is 4.52 Å². The van der Waals surface area contributed by atoms with Crippen LogP contribution in [0.15, 0.2) is 51.8 Å². The first-order valence-corrected chi connectivity index (χ1v) is 9.04. The third-order valence-corrected chi connectivity index (χ3v) is 4.77. The molecule has 0 saturated heterocycles. The van der Waals surface area contributed by atoms with Crippen LogP contribution in [-0.4, -0.2) is 19.7 Å². The molecule has 0 saturated carbocycles. The van der Waals surface area contributed by atoms with Crippen LogP contribution in [-0.2, 0) is 12.0 Å². The highest BCUT2D eigenvalue weighted by Crippen LogP contribution is 2.27. The molecule has 0 spiro atoms. The summed E-state index contributed by atoms with van der Waals surface area (Å²) in [5.41, 5.74) is 4.55. The highest BCUT2D eigenvalue weighted by Gasteiger charge is 2.16. The first kappa shape index (κ1) is 17.3. The number of fused-ring (bicyclic) bond motifs is 1. The Labute approximate surface area is 156 Å². The molecule has 0 radical (unpaired) electrons. The van der Waals surface area contributed by atoms with Gasteiger partial charge in [-0.3, -0.25) is 4.57 Å². The fourth-order valence-corrected chi connectivity index (χ4v) is 3.19. The van der Waals surface area contributed by atoms with Gasteiger partial charge in [0.05, 0.1) is 11.0 Å². The van der Waals surface area contributed by atoms with E-state index in [1.165, 1.54) is 5.56 Å². The zero-order valence-corrected chi connectivity index (χ0v) is 15.9. The van der Waals surface area contributed by atoms with Gasteiger partial charge in [0.25, 0.3) is 5.89 Å². The summed E-state index contributed by atoms with van der Waals surface area (Å²) in [6, 6.07) is 13.9. The van der Waals surface area contributed by atoms with Crippen molar-refractivity contribution in [1.29, 1.82) is 0 Å². The van der Waals surface area contributed by atoms with Gasteiger partial charge in [0.2, 0.25) is 5.82 Å². The van der Waals surface area contributed by atoms with Crippen LogP contribution in [0.3, 0.4) is 0 Å². The maximum Gasteiger partial charge on any atom is 0.326 e. The predicted octanol–water partition coefficient (Wildman–Crippen LogP) is 4.36. The Morgan fingerprint density at radius 2 is 1.78 bits per heavy atom. The molecule has 1 N–H and O–H groups in total. The second kappa shape index (κ2) is 6.23. The fourth-order valence-electron chi connectivity index (χ4n) is 3.19. The number of benzene rings is 2. The molecule has 0 aliphatic heterocycles. The van der Waals surface area contributed by atoms with Crippen molar-refractivity contribution in [2.45, 2.75) is 39.7 Å². The predicted molar refractivity (Wildman–Crippen MR) is 106 cm³/mol. The van der Waals surface area contributed by atoms with Gasteiger partial charge in [0.1, 0.15) is 0 Å². The Balaban J connectivity index is 1.68. The number of imidazole rings is 1. The molecular weight excluding hydrogens is 340 g/mol. The van der Waals surface area contributed by atoms with E-state index in [1.54, 1.807) is 4.57 Å². The molecule has 2 aromatic heterocycles. The standard InChI is InChI=1S/C21H22N4O2/c1-5-25-17-11-8-14(12-16(17)22-20(25)26)18-23-19(27-24-18)13-6-9-15(10-7-13)21(2,3)4/h6-12H,5H2,1-4H3,(H,22,26). The Morgan fingerprint density at radius 3 is 2.44 bits per heavy atom. The number of nitrogens with zero attached hydrogens (tertiary/aromatic N) is 3. The molecule has 2 aromatic carbocycles. The average Bonchev–Trinajstić information content (AvgIpc) is 3.24. The molecular formula is C21H22N4O2. The molecule has 0 aliphatic rings. The first-order chi connectivity index (χ1) is 12.9. The molecule has 0 amide bonds. The second-order valence-electron chi connectivity index (χ2n) is 7.66. The molecule has 4 rings (SSSR count). The molecule has 0 aliphatic carbocycles. The lowest BCUT2D eigenvalue weighted by molar-refractivity contribution is 0.432. The van der Waals surface area contributed by atoms with Gasteiger partial charge in [-0.2, -0.15) is 4.98 Å². The summed E-state index contributed by atoms with van der Waals surface area (Å²) in [7, 11) is 0. The monoisotopic (exact) mass is 362 g/mol. The summed E-state index contributed by atoms with van der Waals surface area (Å²) in [4.78, 5) is 19.4. The van der Waals surface area contributed by atoms with E-state index in [1.807, 2.05) is 37.3 Å². The van der Waals surface area contributed by atoms with Crippen LogP contribution in [0.4, 0.5) is 0 Å². The summed E-state index contributed by atoms with van der Waals surface area (Å²) in [5, 5.41) is 4.11. The third kappa shape index (κ3) is 3.07. The van der Waals surface area contributed by atoms with E-state index in [0.29, 0.717) is 18.3 Å². The molecule has 0 unspecified atom stereocenters. The maximum absolute atomic E-state index is 12.0. The number of nitrogens with one attached hydrogen (secondary N) is 1. The number of hydrogen-bond acceptors (Lipinski definition) is 4. The maximum atomic E-state index is 12.0. The van der Waals surface area contributed by atoms with E-state index in [0.717, 1.165) is 22.2 Å². The number of aryl methyl sites for hydroxylation is 1. The van der Waals surface area contributed by atoms with Crippen molar-refractivity contribution in [2.75, 3.05) is 0 Å². The van der Waals surface area contributed by atoms with E-state index >= 15 is 0 Å². The van der Waals surface area contributed by atoms with Gasteiger partial charge in [-0.25, -0.2) is 4.79 Å². The van der Waals surface area contributed by atoms with Gasteiger partial charge in [-0.15, -0.1) is 0 Å². The molecule has 0 atom stereocenters. The van der Waals surface area contributed by atoms with Crippen molar-refractivity contribution < 1.29 is 4.52 Å². The Morgan fingerprint density at radius 1 is 1.07 bits per heavy atom. The molecule has 4 aromatic rings. The average molecular weight is 362 g/mol. The lowest BCUT2D eigenvalue weighted by Crippen LogP contribution is -2.14. The van der Waals surface area contributed by atoms with Gasteiger partial charge in [-0.05, 0) is 48.2 Å². The molecule has 138 valence electrons. The normalized spacial score (nSPS) is 12.0. The summed E-state index contributed by atoms with van der Waals surface area (Å²) in [6.07, 6.45) is 0. The van der Waals surface area contributed by atoms with E-state index in [2.05, 4.69) is 48.0 Å². The fraction of sp³-hybridized carbons (Fsp3) is 0.286. The summed E-state index contributed by atoms with van der Waals surface area (Å²) < 4.78 is 7.15. The van der Waals surface area contributed by atoms with E-state index in [9.17, 15) is 4.79 Å². The molecule has 2 heterocycles. The lowest BCUT2D eigenvalue weighted by atomic mass is 9.87. The molecule has 6 heteroatoms. The molecule has 6 nitrogen and oxygen atoms in total. The molecule has 0 bridgehead atoms. The van der Waals surface area contributed by atoms with Crippen molar-refractivity contribution in [1.82, 2.24) is 19.7 Å². The SMILES string of the molecule is CCn1c(=O)[nH]c2cc(-c3noc(-c4ccc(C(C)(C)C)cc4)n3)ccc21. The van der Waals surface area contributed by atoms with Gasteiger partial charge >= 0.3 is 5.69 Å². The Hall–Kier alpha value is -3.15. The molecule has 27 heavy (non-hydrogen) atoms. The minimum Gasteiger partial charge on any atom is -0.334 e. The number of H-pyrrole nitrogens is 1. The Kier molecular flexibility index (Phi) is 3.98. The second-order valence-corrected chi connectivity index (χ2v) is 7.66. The highest BCUT2D eigenvalue weighted by atomic mass is 16.5. The van der Waals surface area contributed by atoms with E-state index in [-0.39, 0.29) is 11.1 Å². The van der Waals surface area contributed by atoms with Crippen LogP contribution in [0.5, 0.6) is 0 Å².